The van der Waals surface area contributed by atoms with Crippen molar-refractivity contribution in [3.63, 3.8) is 0 Å². The second kappa shape index (κ2) is 12.2. The SMILES string of the molecule is COc1ccccc1N1CCN(Cc2ccc(C(=O)N/N=C\c3cc(C)n(-c4ccc(C)cc4)c3C)cc2)CC1. The number of nitrogens with zero attached hydrogens (tertiary/aromatic N) is 4. The number of hydrogen-bond donors (Lipinski definition) is 1. The average Bonchev–Trinajstić information content (AvgIpc) is 3.26. The fourth-order valence-corrected chi connectivity index (χ4v) is 5.29. The fourth-order valence-electron chi connectivity index (χ4n) is 5.29. The van der Waals surface area contributed by atoms with E-state index in [4.69, 9.17) is 4.74 Å². The third kappa shape index (κ3) is 6.10. The maximum absolute atomic E-state index is 12.7. The Bertz CT molecular complexity index is 1480. The molecule has 0 aliphatic carbocycles. The molecule has 0 radical (unpaired) electrons. The summed E-state index contributed by atoms with van der Waals surface area (Å²) in [4.78, 5) is 17.5. The Morgan fingerprint density at radius 1 is 0.925 bits per heavy atom. The van der Waals surface area contributed by atoms with Crippen LogP contribution in [-0.4, -0.2) is 54.9 Å². The van der Waals surface area contributed by atoms with E-state index in [0.717, 1.165) is 66.8 Å². The van der Waals surface area contributed by atoms with Crippen LogP contribution in [0.4, 0.5) is 5.69 Å². The van der Waals surface area contributed by atoms with Crippen molar-refractivity contribution in [2.75, 3.05) is 38.2 Å². The van der Waals surface area contributed by atoms with Gasteiger partial charge in [-0.15, -0.1) is 0 Å². The van der Waals surface area contributed by atoms with Gasteiger partial charge in [-0.1, -0.05) is 42.0 Å². The van der Waals surface area contributed by atoms with Crippen molar-refractivity contribution in [1.82, 2.24) is 14.9 Å². The van der Waals surface area contributed by atoms with E-state index in [0.29, 0.717) is 5.56 Å². The highest BCUT2D eigenvalue weighted by molar-refractivity contribution is 5.95. The minimum atomic E-state index is -0.222. The predicted molar refractivity (Wildman–Crippen MR) is 162 cm³/mol. The minimum Gasteiger partial charge on any atom is -0.495 e. The normalized spacial score (nSPS) is 14.1. The quantitative estimate of drug-likeness (QED) is 0.239. The van der Waals surface area contributed by atoms with Gasteiger partial charge in [0.1, 0.15) is 5.75 Å². The van der Waals surface area contributed by atoms with Gasteiger partial charge in [0.2, 0.25) is 0 Å². The number of rotatable bonds is 8. The molecule has 1 N–H and O–H groups in total. The maximum Gasteiger partial charge on any atom is 0.271 e. The molecule has 0 atom stereocenters. The fraction of sp³-hybridized carbons (Fsp3) is 0.273. The van der Waals surface area contributed by atoms with Gasteiger partial charge in [0, 0.05) is 60.9 Å². The monoisotopic (exact) mass is 535 g/mol. The zero-order valence-electron chi connectivity index (χ0n) is 23.7. The van der Waals surface area contributed by atoms with Crippen LogP contribution < -0.4 is 15.1 Å². The Labute approximate surface area is 236 Å². The number of nitrogens with one attached hydrogen (secondary N) is 1. The first-order valence-corrected chi connectivity index (χ1v) is 13.7. The van der Waals surface area contributed by atoms with Crippen LogP contribution in [0.3, 0.4) is 0 Å². The number of piperazine rings is 1. The number of amides is 1. The number of aryl methyl sites for hydroxylation is 2. The van der Waals surface area contributed by atoms with Crippen LogP contribution in [0.5, 0.6) is 5.75 Å². The summed E-state index contributed by atoms with van der Waals surface area (Å²) >= 11 is 0. The maximum atomic E-state index is 12.7. The summed E-state index contributed by atoms with van der Waals surface area (Å²) in [6.07, 6.45) is 1.71. The molecule has 0 spiro atoms. The van der Waals surface area contributed by atoms with Crippen molar-refractivity contribution in [3.05, 3.63) is 113 Å². The van der Waals surface area contributed by atoms with Gasteiger partial charge in [0.25, 0.3) is 5.91 Å². The summed E-state index contributed by atoms with van der Waals surface area (Å²) in [5.41, 5.74) is 11.1. The molecule has 0 bridgehead atoms. The molecule has 40 heavy (non-hydrogen) atoms. The minimum absolute atomic E-state index is 0.222. The highest BCUT2D eigenvalue weighted by Crippen LogP contribution is 2.28. The topological polar surface area (TPSA) is 62.1 Å². The summed E-state index contributed by atoms with van der Waals surface area (Å²) in [6, 6.07) is 26.5. The third-order valence-corrected chi connectivity index (χ3v) is 7.55. The Morgan fingerprint density at radius 2 is 1.62 bits per heavy atom. The van der Waals surface area contributed by atoms with Gasteiger partial charge < -0.3 is 14.2 Å². The molecule has 1 saturated heterocycles. The average molecular weight is 536 g/mol. The molecule has 7 nitrogen and oxygen atoms in total. The number of hydrogen-bond acceptors (Lipinski definition) is 5. The van der Waals surface area contributed by atoms with Crippen LogP contribution in [0.15, 0.2) is 84.0 Å². The number of para-hydroxylation sites is 2. The Hall–Kier alpha value is -4.36. The van der Waals surface area contributed by atoms with Gasteiger partial charge >= 0.3 is 0 Å². The molecule has 7 heteroatoms. The van der Waals surface area contributed by atoms with E-state index in [1.54, 1.807) is 13.3 Å². The van der Waals surface area contributed by atoms with E-state index in [-0.39, 0.29) is 5.91 Å². The van der Waals surface area contributed by atoms with Crippen molar-refractivity contribution in [1.29, 1.82) is 0 Å². The summed E-state index contributed by atoms with van der Waals surface area (Å²) in [7, 11) is 1.72. The highest BCUT2D eigenvalue weighted by Gasteiger charge is 2.19. The molecule has 5 rings (SSSR count). The molecule has 1 aliphatic rings. The van der Waals surface area contributed by atoms with Gasteiger partial charge in [0.15, 0.2) is 0 Å². The lowest BCUT2D eigenvalue weighted by Gasteiger charge is -2.36. The molecule has 2 heterocycles. The van der Waals surface area contributed by atoms with Crippen molar-refractivity contribution in [3.8, 4) is 11.4 Å². The first-order chi connectivity index (χ1) is 19.4. The number of ether oxygens (including phenoxy) is 1. The zero-order valence-corrected chi connectivity index (χ0v) is 23.7. The molecule has 3 aromatic carbocycles. The van der Waals surface area contributed by atoms with Crippen LogP contribution >= 0.6 is 0 Å². The Kier molecular flexibility index (Phi) is 8.31. The molecule has 1 aromatic heterocycles. The largest absolute Gasteiger partial charge is 0.495 e. The number of carbonyl (C=O) groups is 1. The number of benzene rings is 3. The molecule has 0 saturated carbocycles. The van der Waals surface area contributed by atoms with Crippen molar-refractivity contribution in [2.24, 2.45) is 5.10 Å². The molecule has 206 valence electrons. The van der Waals surface area contributed by atoms with E-state index >= 15 is 0 Å². The molecule has 0 unspecified atom stereocenters. The molecule has 1 aliphatic heterocycles. The second-order valence-corrected chi connectivity index (χ2v) is 10.3. The van der Waals surface area contributed by atoms with Gasteiger partial charge in [-0.05, 0) is 68.8 Å². The lowest BCUT2D eigenvalue weighted by Crippen LogP contribution is -2.46. The third-order valence-electron chi connectivity index (χ3n) is 7.55. The zero-order chi connectivity index (χ0) is 28.1. The van der Waals surface area contributed by atoms with Crippen molar-refractivity contribution < 1.29 is 9.53 Å². The molecule has 1 amide bonds. The number of methoxy groups -OCH3 is 1. The Balaban J connectivity index is 1.14. The summed E-state index contributed by atoms with van der Waals surface area (Å²) in [5.74, 6) is 0.695. The van der Waals surface area contributed by atoms with Crippen molar-refractivity contribution >= 4 is 17.8 Å². The van der Waals surface area contributed by atoms with Gasteiger partial charge in [0.05, 0.1) is 19.0 Å². The number of anilines is 1. The Morgan fingerprint density at radius 3 is 2.33 bits per heavy atom. The predicted octanol–water partition coefficient (Wildman–Crippen LogP) is 5.50. The van der Waals surface area contributed by atoms with Crippen LogP contribution in [0.1, 0.15) is 38.4 Å². The first kappa shape index (κ1) is 27.2. The molecular formula is C33H37N5O2. The van der Waals surface area contributed by atoms with E-state index in [9.17, 15) is 4.79 Å². The van der Waals surface area contributed by atoms with E-state index in [2.05, 4.69) is 88.1 Å². The standard InChI is InChI=1S/C33H37N5O2/c1-24-9-15-30(16-10-24)38-25(2)21-29(26(38)3)22-34-35-33(39)28-13-11-27(12-14-28)23-36-17-19-37(20-18-36)31-7-5-6-8-32(31)40-4/h5-16,21-22H,17-20,23H2,1-4H3,(H,35,39)/b34-22-. The van der Waals surface area contributed by atoms with Gasteiger partial charge in [-0.2, -0.15) is 5.10 Å². The van der Waals surface area contributed by atoms with E-state index in [1.165, 1.54) is 11.1 Å². The number of carbonyl (C=O) groups excluding carboxylic acids is 1. The lowest BCUT2D eigenvalue weighted by atomic mass is 10.1. The molecule has 4 aromatic rings. The summed E-state index contributed by atoms with van der Waals surface area (Å²) in [6.45, 7) is 10.9. The summed E-state index contributed by atoms with van der Waals surface area (Å²) in [5, 5.41) is 4.24. The first-order valence-electron chi connectivity index (χ1n) is 13.7. The van der Waals surface area contributed by atoms with Crippen molar-refractivity contribution in [2.45, 2.75) is 27.3 Å². The summed E-state index contributed by atoms with van der Waals surface area (Å²) < 4.78 is 7.73. The van der Waals surface area contributed by atoms with Gasteiger partial charge in [-0.3, -0.25) is 9.69 Å². The number of aromatic nitrogens is 1. The highest BCUT2D eigenvalue weighted by atomic mass is 16.5. The smallest absolute Gasteiger partial charge is 0.271 e. The van der Waals surface area contributed by atoms with Crippen LogP contribution in [-0.2, 0) is 6.54 Å². The van der Waals surface area contributed by atoms with Crippen LogP contribution in [0.25, 0.3) is 5.69 Å². The van der Waals surface area contributed by atoms with Gasteiger partial charge in [-0.25, -0.2) is 5.43 Å². The van der Waals surface area contributed by atoms with E-state index in [1.807, 2.05) is 36.4 Å². The van der Waals surface area contributed by atoms with Crippen LogP contribution in [0, 0.1) is 20.8 Å². The second-order valence-electron chi connectivity index (χ2n) is 10.3. The molecule has 1 fully saturated rings. The molecular weight excluding hydrogens is 498 g/mol. The lowest BCUT2D eigenvalue weighted by molar-refractivity contribution is 0.0955. The van der Waals surface area contributed by atoms with Crippen LogP contribution in [0.2, 0.25) is 0 Å². The van der Waals surface area contributed by atoms with E-state index < -0.39 is 0 Å². The number of hydrazone groups is 1.